The fraction of sp³-hybridized carbons (Fsp3) is 0.312. The predicted molar refractivity (Wildman–Crippen MR) is 84.2 cm³/mol. The summed E-state index contributed by atoms with van der Waals surface area (Å²) in [5.74, 6) is 0.674. The Labute approximate surface area is 129 Å². The van der Waals surface area contributed by atoms with Crippen LogP contribution in [-0.4, -0.2) is 16.5 Å². The van der Waals surface area contributed by atoms with Crippen LogP contribution in [0.5, 0.6) is 0 Å². The summed E-state index contributed by atoms with van der Waals surface area (Å²) in [4.78, 5) is 8.15. The Morgan fingerprint density at radius 3 is 2.71 bits per heavy atom. The van der Waals surface area contributed by atoms with Crippen molar-refractivity contribution in [1.29, 1.82) is 5.26 Å². The number of nitrogens with zero attached hydrogens (tertiary/aromatic N) is 3. The molecule has 2 rings (SSSR count). The van der Waals surface area contributed by atoms with Crippen molar-refractivity contribution >= 4 is 17.4 Å². The molecule has 0 bridgehead atoms. The van der Waals surface area contributed by atoms with Gasteiger partial charge in [-0.05, 0) is 29.5 Å². The number of aromatic nitrogens is 2. The van der Waals surface area contributed by atoms with E-state index in [4.69, 9.17) is 16.9 Å². The van der Waals surface area contributed by atoms with Gasteiger partial charge >= 0.3 is 0 Å². The highest BCUT2D eigenvalue weighted by molar-refractivity contribution is 6.30. The van der Waals surface area contributed by atoms with E-state index in [0.29, 0.717) is 11.5 Å². The van der Waals surface area contributed by atoms with E-state index in [1.54, 1.807) is 6.20 Å². The number of nitriles is 1. The van der Waals surface area contributed by atoms with Crippen molar-refractivity contribution in [1.82, 2.24) is 9.97 Å². The standard InChI is InChI=1S/C16H17ClN4/c1-16(2,7-12-4-3-5-13(17)6-12)11-21-15-10-19-14(8-18)9-20-15/h3-6,9-10H,7,11H2,1-2H3,(H,20,21). The van der Waals surface area contributed by atoms with Crippen LogP contribution in [-0.2, 0) is 6.42 Å². The Balaban J connectivity index is 1.95. The lowest BCUT2D eigenvalue weighted by Gasteiger charge is -2.25. The van der Waals surface area contributed by atoms with Gasteiger partial charge < -0.3 is 5.32 Å². The molecule has 1 N–H and O–H groups in total. The molecule has 5 heteroatoms. The predicted octanol–water partition coefficient (Wildman–Crippen LogP) is 3.68. The molecule has 0 aliphatic heterocycles. The zero-order valence-electron chi connectivity index (χ0n) is 12.1. The van der Waals surface area contributed by atoms with Crippen LogP contribution < -0.4 is 5.32 Å². The quantitative estimate of drug-likeness (QED) is 0.915. The van der Waals surface area contributed by atoms with E-state index >= 15 is 0 Å². The molecule has 0 saturated carbocycles. The van der Waals surface area contributed by atoms with Gasteiger partial charge in [0.2, 0.25) is 0 Å². The molecule has 0 radical (unpaired) electrons. The maximum atomic E-state index is 8.69. The van der Waals surface area contributed by atoms with Crippen molar-refractivity contribution in [3.05, 3.63) is 52.9 Å². The smallest absolute Gasteiger partial charge is 0.158 e. The van der Waals surface area contributed by atoms with Gasteiger partial charge in [-0.3, -0.25) is 0 Å². The first-order chi connectivity index (χ1) is 9.98. The number of halogens is 1. The normalized spacial score (nSPS) is 11.0. The molecule has 0 fully saturated rings. The third-order valence-electron chi connectivity index (χ3n) is 3.09. The number of hydrogen-bond donors (Lipinski definition) is 1. The topological polar surface area (TPSA) is 61.6 Å². The molecule has 0 aliphatic rings. The monoisotopic (exact) mass is 300 g/mol. The lowest BCUT2D eigenvalue weighted by Crippen LogP contribution is -2.26. The summed E-state index contributed by atoms with van der Waals surface area (Å²) in [6.07, 6.45) is 3.95. The Morgan fingerprint density at radius 1 is 1.29 bits per heavy atom. The van der Waals surface area contributed by atoms with Crippen molar-refractivity contribution < 1.29 is 0 Å². The summed E-state index contributed by atoms with van der Waals surface area (Å²) >= 11 is 6.01. The molecular weight excluding hydrogens is 284 g/mol. The lowest BCUT2D eigenvalue weighted by molar-refractivity contribution is 0.389. The second-order valence-electron chi connectivity index (χ2n) is 5.72. The van der Waals surface area contributed by atoms with E-state index in [0.717, 1.165) is 18.0 Å². The second kappa shape index (κ2) is 6.55. The molecule has 1 heterocycles. The zero-order chi connectivity index (χ0) is 15.3. The van der Waals surface area contributed by atoms with Crippen molar-refractivity contribution in [3.8, 4) is 6.07 Å². The number of rotatable bonds is 5. The van der Waals surface area contributed by atoms with Gasteiger partial charge in [-0.25, -0.2) is 9.97 Å². The summed E-state index contributed by atoms with van der Waals surface area (Å²) in [5.41, 5.74) is 1.57. The molecule has 1 aromatic carbocycles. The molecule has 0 spiro atoms. The summed E-state index contributed by atoms with van der Waals surface area (Å²) in [7, 11) is 0. The van der Waals surface area contributed by atoms with Crippen LogP contribution >= 0.6 is 11.6 Å². The highest BCUT2D eigenvalue weighted by Gasteiger charge is 2.18. The average Bonchev–Trinajstić information content (AvgIpc) is 2.45. The number of benzene rings is 1. The molecule has 0 atom stereocenters. The fourth-order valence-corrected chi connectivity index (χ4v) is 2.28. The molecule has 0 aliphatic carbocycles. The zero-order valence-corrected chi connectivity index (χ0v) is 12.9. The van der Waals surface area contributed by atoms with Crippen molar-refractivity contribution in [2.24, 2.45) is 5.41 Å². The van der Waals surface area contributed by atoms with Crippen LogP contribution in [0.1, 0.15) is 25.1 Å². The van der Waals surface area contributed by atoms with E-state index in [1.807, 2.05) is 24.3 Å². The van der Waals surface area contributed by atoms with Gasteiger partial charge in [0.1, 0.15) is 11.9 Å². The van der Waals surface area contributed by atoms with E-state index < -0.39 is 0 Å². The van der Waals surface area contributed by atoms with Crippen LogP contribution in [0.3, 0.4) is 0 Å². The Kier molecular flexibility index (Phi) is 4.77. The molecule has 4 nitrogen and oxygen atoms in total. The molecule has 0 amide bonds. The third kappa shape index (κ3) is 4.73. The van der Waals surface area contributed by atoms with Crippen LogP contribution in [0.15, 0.2) is 36.7 Å². The van der Waals surface area contributed by atoms with Gasteiger partial charge in [0.05, 0.1) is 12.4 Å². The lowest BCUT2D eigenvalue weighted by atomic mass is 9.85. The van der Waals surface area contributed by atoms with Crippen molar-refractivity contribution in [2.75, 3.05) is 11.9 Å². The van der Waals surface area contributed by atoms with Gasteiger partial charge in [0.15, 0.2) is 5.69 Å². The van der Waals surface area contributed by atoms with Gasteiger partial charge in [0, 0.05) is 11.6 Å². The van der Waals surface area contributed by atoms with Gasteiger partial charge in [-0.1, -0.05) is 37.6 Å². The Bertz CT molecular complexity index is 644. The third-order valence-corrected chi connectivity index (χ3v) is 3.32. The average molecular weight is 301 g/mol. The molecule has 108 valence electrons. The van der Waals surface area contributed by atoms with Crippen molar-refractivity contribution in [3.63, 3.8) is 0 Å². The first-order valence-electron chi connectivity index (χ1n) is 6.69. The first-order valence-corrected chi connectivity index (χ1v) is 7.07. The Hall–Kier alpha value is -2.12. The maximum absolute atomic E-state index is 8.69. The van der Waals surface area contributed by atoms with E-state index in [2.05, 4.69) is 35.2 Å². The molecule has 21 heavy (non-hydrogen) atoms. The van der Waals surface area contributed by atoms with Crippen LogP contribution in [0.25, 0.3) is 0 Å². The minimum atomic E-state index is 0.0419. The molecule has 0 unspecified atom stereocenters. The van der Waals surface area contributed by atoms with Gasteiger partial charge in [0.25, 0.3) is 0 Å². The van der Waals surface area contributed by atoms with Gasteiger partial charge in [-0.15, -0.1) is 0 Å². The van der Waals surface area contributed by atoms with E-state index in [-0.39, 0.29) is 5.41 Å². The number of hydrogen-bond acceptors (Lipinski definition) is 4. The largest absolute Gasteiger partial charge is 0.368 e. The highest BCUT2D eigenvalue weighted by atomic mass is 35.5. The van der Waals surface area contributed by atoms with Crippen molar-refractivity contribution in [2.45, 2.75) is 20.3 Å². The second-order valence-corrected chi connectivity index (χ2v) is 6.16. The van der Waals surface area contributed by atoms with Crippen LogP contribution in [0.2, 0.25) is 5.02 Å². The SMILES string of the molecule is CC(C)(CNc1cnc(C#N)cn1)Cc1cccc(Cl)c1. The molecular formula is C16H17ClN4. The van der Waals surface area contributed by atoms with E-state index in [9.17, 15) is 0 Å². The number of anilines is 1. The Morgan fingerprint density at radius 2 is 2.10 bits per heavy atom. The van der Waals surface area contributed by atoms with E-state index in [1.165, 1.54) is 11.8 Å². The summed E-state index contributed by atoms with van der Waals surface area (Å²) in [6, 6.07) is 9.86. The maximum Gasteiger partial charge on any atom is 0.158 e. The number of nitrogens with one attached hydrogen (secondary N) is 1. The first kappa shape index (κ1) is 15.3. The molecule has 2 aromatic rings. The fourth-order valence-electron chi connectivity index (χ4n) is 2.07. The summed E-state index contributed by atoms with van der Waals surface area (Å²) in [6.45, 7) is 5.11. The molecule has 0 saturated heterocycles. The minimum Gasteiger partial charge on any atom is -0.368 e. The summed E-state index contributed by atoms with van der Waals surface area (Å²) in [5, 5.41) is 12.7. The molecule has 1 aromatic heterocycles. The highest BCUT2D eigenvalue weighted by Crippen LogP contribution is 2.23. The van der Waals surface area contributed by atoms with Crippen LogP contribution in [0, 0.1) is 16.7 Å². The minimum absolute atomic E-state index is 0.0419. The van der Waals surface area contributed by atoms with Gasteiger partial charge in [-0.2, -0.15) is 5.26 Å². The van der Waals surface area contributed by atoms with Crippen LogP contribution in [0.4, 0.5) is 5.82 Å². The summed E-state index contributed by atoms with van der Waals surface area (Å²) < 4.78 is 0.